The SMILES string of the molecule is NC/C=C/c1cccc(OC(F)(F)F)c1. The van der Waals surface area contributed by atoms with Gasteiger partial charge in [0, 0.05) is 6.54 Å². The average molecular weight is 217 g/mol. The van der Waals surface area contributed by atoms with Gasteiger partial charge in [0.05, 0.1) is 0 Å². The molecule has 0 aromatic heterocycles. The summed E-state index contributed by atoms with van der Waals surface area (Å²) in [6.07, 6.45) is -1.38. The molecule has 0 heterocycles. The summed E-state index contributed by atoms with van der Waals surface area (Å²) in [7, 11) is 0. The molecule has 0 aliphatic carbocycles. The second-order valence-electron chi connectivity index (χ2n) is 2.76. The van der Waals surface area contributed by atoms with E-state index in [9.17, 15) is 13.2 Å². The fraction of sp³-hybridized carbons (Fsp3) is 0.200. The number of hydrogen-bond donors (Lipinski definition) is 1. The van der Waals surface area contributed by atoms with Gasteiger partial charge < -0.3 is 10.5 Å². The third-order valence-electron chi connectivity index (χ3n) is 1.54. The molecule has 0 atom stereocenters. The van der Waals surface area contributed by atoms with Crippen LogP contribution < -0.4 is 10.5 Å². The Morgan fingerprint density at radius 1 is 1.33 bits per heavy atom. The van der Waals surface area contributed by atoms with E-state index in [0.29, 0.717) is 12.1 Å². The van der Waals surface area contributed by atoms with Gasteiger partial charge in [-0.05, 0) is 17.7 Å². The molecule has 2 nitrogen and oxygen atoms in total. The first-order valence-electron chi connectivity index (χ1n) is 4.24. The first-order chi connectivity index (χ1) is 7.01. The summed E-state index contributed by atoms with van der Waals surface area (Å²) in [5.41, 5.74) is 5.83. The highest BCUT2D eigenvalue weighted by atomic mass is 19.4. The van der Waals surface area contributed by atoms with Gasteiger partial charge in [0.2, 0.25) is 0 Å². The fourth-order valence-corrected chi connectivity index (χ4v) is 1.02. The molecule has 2 N–H and O–H groups in total. The standard InChI is InChI=1S/C10H10F3NO/c11-10(12,13)15-9-5-1-3-8(7-9)4-2-6-14/h1-5,7H,6,14H2/b4-2+. The Morgan fingerprint density at radius 2 is 2.07 bits per heavy atom. The Bertz CT molecular complexity index is 347. The van der Waals surface area contributed by atoms with Crippen molar-refractivity contribution >= 4 is 6.08 Å². The molecule has 5 heteroatoms. The van der Waals surface area contributed by atoms with Crippen molar-refractivity contribution in [1.29, 1.82) is 0 Å². The van der Waals surface area contributed by atoms with E-state index in [1.165, 1.54) is 18.2 Å². The summed E-state index contributed by atoms with van der Waals surface area (Å²) in [4.78, 5) is 0. The van der Waals surface area contributed by atoms with Crippen LogP contribution in [0.1, 0.15) is 5.56 Å². The minimum absolute atomic E-state index is 0.235. The van der Waals surface area contributed by atoms with Crippen molar-refractivity contribution in [3.05, 3.63) is 35.9 Å². The Labute approximate surface area is 85.2 Å². The van der Waals surface area contributed by atoms with Gasteiger partial charge in [-0.2, -0.15) is 0 Å². The normalized spacial score (nSPS) is 12.0. The number of halogens is 3. The minimum atomic E-state index is -4.66. The van der Waals surface area contributed by atoms with Gasteiger partial charge in [-0.25, -0.2) is 0 Å². The smallest absolute Gasteiger partial charge is 0.406 e. The van der Waals surface area contributed by atoms with E-state index in [0.717, 1.165) is 0 Å². The van der Waals surface area contributed by atoms with Crippen molar-refractivity contribution in [2.24, 2.45) is 5.73 Å². The van der Waals surface area contributed by atoms with E-state index >= 15 is 0 Å². The maximum absolute atomic E-state index is 11.9. The number of alkyl halides is 3. The summed E-state index contributed by atoms with van der Waals surface area (Å²) in [6, 6.07) is 5.68. The molecule has 1 rings (SSSR count). The van der Waals surface area contributed by atoms with Gasteiger partial charge in [0.15, 0.2) is 0 Å². The molecular formula is C10H10F3NO. The van der Waals surface area contributed by atoms with Gasteiger partial charge >= 0.3 is 6.36 Å². The summed E-state index contributed by atoms with van der Waals surface area (Å²) < 4.78 is 39.4. The molecule has 0 spiro atoms. The zero-order valence-electron chi connectivity index (χ0n) is 7.79. The first kappa shape index (κ1) is 11.6. The van der Waals surface area contributed by atoms with Crippen LogP contribution in [0.3, 0.4) is 0 Å². The maximum atomic E-state index is 11.9. The molecule has 0 aliphatic rings. The fourth-order valence-electron chi connectivity index (χ4n) is 1.02. The van der Waals surface area contributed by atoms with E-state index < -0.39 is 6.36 Å². The highest BCUT2D eigenvalue weighted by molar-refractivity contribution is 5.51. The quantitative estimate of drug-likeness (QED) is 0.844. The lowest BCUT2D eigenvalue weighted by atomic mass is 10.2. The Kier molecular flexibility index (Phi) is 3.74. The van der Waals surface area contributed by atoms with Crippen molar-refractivity contribution in [2.75, 3.05) is 6.54 Å². The monoisotopic (exact) mass is 217 g/mol. The Balaban J connectivity index is 2.79. The summed E-state index contributed by atoms with van der Waals surface area (Å²) in [6.45, 7) is 0.338. The molecule has 1 aromatic rings. The zero-order valence-corrected chi connectivity index (χ0v) is 7.79. The van der Waals surface area contributed by atoms with Crippen molar-refractivity contribution in [2.45, 2.75) is 6.36 Å². The van der Waals surface area contributed by atoms with Crippen molar-refractivity contribution in [1.82, 2.24) is 0 Å². The maximum Gasteiger partial charge on any atom is 0.573 e. The van der Waals surface area contributed by atoms with E-state index in [2.05, 4.69) is 4.74 Å². The van der Waals surface area contributed by atoms with Crippen LogP contribution in [0.25, 0.3) is 6.08 Å². The molecule has 0 saturated heterocycles. The molecule has 0 amide bonds. The van der Waals surface area contributed by atoms with Crippen LogP contribution in [0.15, 0.2) is 30.3 Å². The summed E-state index contributed by atoms with van der Waals surface area (Å²) in [5, 5.41) is 0. The van der Waals surface area contributed by atoms with Crippen LogP contribution >= 0.6 is 0 Å². The second kappa shape index (κ2) is 4.84. The van der Waals surface area contributed by atoms with Crippen LogP contribution in [0.2, 0.25) is 0 Å². The lowest BCUT2D eigenvalue weighted by Gasteiger charge is -2.08. The molecule has 0 aliphatic heterocycles. The lowest BCUT2D eigenvalue weighted by molar-refractivity contribution is -0.274. The van der Waals surface area contributed by atoms with Crippen LogP contribution in [0.4, 0.5) is 13.2 Å². The highest BCUT2D eigenvalue weighted by Gasteiger charge is 2.30. The topological polar surface area (TPSA) is 35.2 Å². The highest BCUT2D eigenvalue weighted by Crippen LogP contribution is 2.23. The molecule has 0 bridgehead atoms. The van der Waals surface area contributed by atoms with Crippen LogP contribution in [-0.2, 0) is 0 Å². The largest absolute Gasteiger partial charge is 0.573 e. The van der Waals surface area contributed by atoms with Crippen LogP contribution in [0.5, 0.6) is 5.75 Å². The minimum Gasteiger partial charge on any atom is -0.406 e. The van der Waals surface area contributed by atoms with Crippen molar-refractivity contribution in [3.63, 3.8) is 0 Å². The molecule has 1 aromatic carbocycles. The first-order valence-corrected chi connectivity index (χ1v) is 4.24. The summed E-state index contributed by atoms with van der Waals surface area (Å²) >= 11 is 0. The molecule has 0 unspecified atom stereocenters. The van der Waals surface area contributed by atoms with Crippen molar-refractivity contribution < 1.29 is 17.9 Å². The molecule has 15 heavy (non-hydrogen) atoms. The van der Waals surface area contributed by atoms with E-state index in [1.54, 1.807) is 18.2 Å². The van der Waals surface area contributed by atoms with E-state index in [4.69, 9.17) is 5.73 Å². The summed E-state index contributed by atoms with van der Waals surface area (Å²) in [5.74, 6) is -0.235. The van der Waals surface area contributed by atoms with Gasteiger partial charge in [0.25, 0.3) is 0 Å². The molecule has 0 fully saturated rings. The van der Waals surface area contributed by atoms with E-state index in [1.807, 2.05) is 0 Å². The van der Waals surface area contributed by atoms with E-state index in [-0.39, 0.29) is 5.75 Å². The predicted molar refractivity (Wildman–Crippen MR) is 51.2 cm³/mol. The van der Waals surface area contributed by atoms with Gasteiger partial charge in [-0.1, -0.05) is 24.3 Å². The van der Waals surface area contributed by atoms with Gasteiger partial charge in [-0.3, -0.25) is 0 Å². The zero-order chi connectivity index (χ0) is 11.3. The molecule has 0 saturated carbocycles. The number of hydrogen-bond acceptors (Lipinski definition) is 2. The van der Waals surface area contributed by atoms with Crippen molar-refractivity contribution in [3.8, 4) is 5.75 Å². The van der Waals surface area contributed by atoms with Gasteiger partial charge in [-0.15, -0.1) is 13.2 Å². The number of nitrogens with two attached hydrogens (primary N) is 1. The lowest BCUT2D eigenvalue weighted by Crippen LogP contribution is -2.17. The van der Waals surface area contributed by atoms with Crippen LogP contribution in [0, 0.1) is 0 Å². The molecule has 0 radical (unpaired) electrons. The van der Waals surface area contributed by atoms with Crippen LogP contribution in [-0.4, -0.2) is 12.9 Å². The Morgan fingerprint density at radius 3 is 2.67 bits per heavy atom. The molecular weight excluding hydrogens is 207 g/mol. The number of benzene rings is 1. The number of rotatable bonds is 3. The number of ether oxygens (including phenoxy) is 1. The third-order valence-corrected chi connectivity index (χ3v) is 1.54. The van der Waals surface area contributed by atoms with Gasteiger partial charge in [0.1, 0.15) is 5.75 Å². The molecule has 82 valence electrons. The third kappa shape index (κ3) is 4.51. The average Bonchev–Trinajstić information content (AvgIpc) is 2.12. The predicted octanol–water partition coefficient (Wildman–Crippen LogP) is 2.56. The Hall–Kier alpha value is -1.49. The second-order valence-corrected chi connectivity index (χ2v) is 2.76.